The second-order valence-corrected chi connectivity index (χ2v) is 5.86. The maximum atomic E-state index is 11.2. The summed E-state index contributed by atoms with van der Waals surface area (Å²) >= 11 is 0. The van der Waals surface area contributed by atoms with Crippen LogP contribution in [-0.2, 0) is 17.1 Å². The number of hydrogen-bond acceptors (Lipinski definition) is 7. The van der Waals surface area contributed by atoms with E-state index in [0.29, 0.717) is 22.7 Å². The molecule has 0 unspecified atom stereocenters. The lowest BCUT2D eigenvalue weighted by Gasteiger charge is -2.06. The predicted molar refractivity (Wildman–Crippen MR) is 75.2 cm³/mol. The van der Waals surface area contributed by atoms with E-state index in [1.54, 1.807) is 19.2 Å². The molecule has 0 atom stereocenters. The molecule has 9 nitrogen and oxygen atoms in total. The van der Waals surface area contributed by atoms with Crippen molar-refractivity contribution in [3.63, 3.8) is 0 Å². The van der Waals surface area contributed by atoms with E-state index >= 15 is 0 Å². The molecule has 0 saturated carbocycles. The van der Waals surface area contributed by atoms with Crippen LogP contribution in [0.1, 0.15) is 0 Å². The molecule has 21 heavy (non-hydrogen) atoms. The zero-order chi connectivity index (χ0) is 15.0. The van der Waals surface area contributed by atoms with Crippen LogP contribution < -0.4 is 10.5 Å². The smallest absolute Gasteiger partial charge is 0.238 e. The largest absolute Gasteiger partial charge is 0.338 e. The lowest BCUT2D eigenvalue weighted by Crippen LogP contribution is -2.11. The van der Waals surface area contributed by atoms with Crippen LogP contribution in [0.15, 0.2) is 35.5 Å². The summed E-state index contributed by atoms with van der Waals surface area (Å²) in [6, 6.07) is 5.99. The molecule has 0 saturated heterocycles. The van der Waals surface area contributed by atoms with Crippen molar-refractivity contribution >= 4 is 32.7 Å². The number of primary sulfonamides is 1. The Morgan fingerprint density at radius 1 is 1.19 bits per heavy atom. The van der Waals surface area contributed by atoms with Crippen LogP contribution in [0.5, 0.6) is 0 Å². The standard InChI is InChI=1S/C11H11N7O2S/c1-18-11-9(16-17-18)10(13-6-14-11)15-7-2-4-8(5-3-7)21(12,19)20/h2-6H,1H3,(H2,12,19,20)(H,13,14,15). The van der Waals surface area contributed by atoms with E-state index in [4.69, 9.17) is 5.14 Å². The van der Waals surface area contributed by atoms with Gasteiger partial charge in [-0.3, -0.25) is 0 Å². The monoisotopic (exact) mass is 305 g/mol. The topological polar surface area (TPSA) is 129 Å². The molecule has 1 aromatic carbocycles. The summed E-state index contributed by atoms with van der Waals surface area (Å²) in [6.45, 7) is 0. The second-order valence-electron chi connectivity index (χ2n) is 4.30. The first-order valence-electron chi connectivity index (χ1n) is 5.85. The van der Waals surface area contributed by atoms with Crippen molar-refractivity contribution in [1.29, 1.82) is 0 Å². The first kappa shape index (κ1) is 13.4. The first-order valence-corrected chi connectivity index (χ1v) is 7.40. The number of aromatic nitrogens is 5. The van der Waals surface area contributed by atoms with Gasteiger partial charge in [0.25, 0.3) is 0 Å². The fourth-order valence-corrected chi connectivity index (χ4v) is 2.32. The van der Waals surface area contributed by atoms with Crippen molar-refractivity contribution in [3.8, 4) is 0 Å². The lowest BCUT2D eigenvalue weighted by molar-refractivity contribution is 0.598. The number of hydrogen-bond donors (Lipinski definition) is 2. The maximum absolute atomic E-state index is 11.2. The Morgan fingerprint density at radius 2 is 1.90 bits per heavy atom. The van der Waals surface area contributed by atoms with Crippen LogP contribution in [0.25, 0.3) is 11.2 Å². The van der Waals surface area contributed by atoms with Gasteiger partial charge in [-0.05, 0) is 24.3 Å². The molecule has 0 aliphatic heterocycles. The highest BCUT2D eigenvalue weighted by Crippen LogP contribution is 2.21. The Kier molecular flexibility index (Phi) is 3.03. The normalized spacial score (nSPS) is 11.7. The van der Waals surface area contributed by atoms with Gasteiger partial charge in [0.15, 0.2) is 17.0 Å². The van der Waals surface area contributed by atoms with Gasteiger partial charge in [0, 0.05) is 12.7 Å². The van der Waals surface area contributed by atoms with E-state index in [9.17, 15) is 8.42 Å². The molecule has 0 fully saturated rings. The quantitative estimate of drug-likeness (QED) is 0.704. The van der Waals surface area contributed by atoms with Gasteiger partial charge in [0.05, 0.1) is 4.90 Å². The summed E-state index contributed by atoms with van der Waals surface area (Å²) in [4.78, 5) is 8.23. The fourth-order valence-electron chi connectivity index (χ4n) is 1.81. The number of nitrogens with zero attached hydrogens (tertiary/aromatic N) is 5. The van der Waals surface area contributed by atoms with E-state index in [1.807, 2.05) is 0 Å². The third kappa shape index (κ3) is 2.53. The number of sulfonamides is 1. The van der Waals surface area contributed by atoms with Gasteiger partial charge in [0.1, 0.15) is 6.33 Å². The predicted octanol–water partition coefficient (Wildman–Crippen LogP) is 0.149. The minimum absolute atomic E-state index is 0.0420. The number of rotatable bonds is 3. The third-order valence-corrected chi connectivity index (χ3v) is 3.76. The average molecular weight is 305 g/mol. The SMILES string of the molecule is Cn1nnc2c(Nc3ccc(S(N)(=O)=O)cc3)ncnc21. The Morgan fingerprint density at radius 3 is 2.57 bits per heavy atom. The molecular formula is C11H11N7O2S. The highest BCUT2D eigenvalue weighted by atomic mass is 32.2. The number of nitrogens with two attached hydrogens (primary N) is 1. The third-order valence-electron chi connectivity index (χ3n) is 2.83. The van der Waals surface area contributed by atoms with E-state index in [0.717, 1.165) is 0 Å². The highest BCUT2D eigenvalue weighted by molar-refractivity contribution is 7.89. The number of benzene rings is 1. The van der Waals surface area contributed by atoms with E-state index in [-0.39, 0.29) is 4.90 Å². The second kappa shape index (κ2) is 4.75. The van der Waals surface area contributed by atoms with Gasteiger partial charge in [-0.15, -0.1) is 5.10 Å². The van der Waals surface area contributed by atoms with Gasteiger partial charge < -0.3 is 5.32 Å². The van der Waals surface area contributed by atoms with Gasteiger partial charge >= 0.3 is 0 Å². The number of fused-ring (bicyclic) bond motifs is 1. The molecule has 0 aliphatic carbocycles. The molecule has 10 heteroatoms. The average Bonchev–Trinajstić information content (AvgIpc) is 2.82. The molecular weight excluding hydrogens is 294 g/mol. The Balaban J connectivity index is 1.95. The molecule has 0 radical (unpaired) electrons. The molecule has 0 aliphatic rings. The molecule has 0 spiro atoms. The van der Waals surface area contributed by atoms with Crippen LogP contribution in [0.4, 0.5) is 11.5 Å². The van der Waals surface area contributed by atoms with E-state index in [2.05, 4.69) is 25.6 Å². The molecule has 0 bridgehead atoms. The molecule has 2 heterocycles. The summed E-state index contributed by atoms with van der Waals surface area (Å²) in [5.41, 5.74) is 1.76. The molecule has 3 N–H and O–H groups in total. The van der Waals surface area contributed by atoms with Gasteiger partial charge in [0.2, 0.25) is 10.0 Å². The van der Waals surface area contributed by atoms with Crippen LogP contribution >= 0.6 is 0 Å². The van der Waals surface area contributed by atoms with Crippen molar-refractivity contribution in [1.82, 2.24) is 25.0 Å². The van der Waals surface area contributed by atoms with Crippen molar-refractivity contribution in [2.24, 2.45) is 12.2 Å². The molecule has 2 aromatic heterocycles. The summed E-state index contributed by atoms with van der Waals surface area (Å²) in [5, 5.41) is 15.9. The van der Waals surface area contributed by atoms with Crippen LogP contribution in [0.3, 0.4) is 0 Å². The van der Waals surface area contributed by atoms with Gasteiger partial charge in [-0.2, -0.15) is 0 Å². The van der Waals surface area contributed by atoms with Gasteiger partial charge in [-0.25, -0.2) is 28.2 Å². The van der Waals surface area contributed by atoms with Crippen LogP contribution in [-0.4, -0.2) is 33.4 Å². The fraction of sp³-hybridized carbons (Fsp3) is 0.0909. The molecule has 3 aromatic rings. The first-order chi connectivity index (χ1) is 9.95. The van der Waals surface area contributed by atoms with E-state index < -0.39 is 10.0 Å². The van der Waals surface area contributed by atoms with Crippen LogP contribution in [0, 0.1) is 0 Å². The minimum atomic E-state index is -3.70. The highest BCUT2D eigenvalue weighted by Gasteiger charge is 2.11. The summed E-state index contributed by atoms with van der Waals surface area (Å²) in [6.07, 6.45) is 1.40. The Bertz CT molecular complexity index is 902. The maximum Gasteiger partial charge on any atom is 0.238 e. The number of nitrogens with one attached hydrogen (secondary N) is 1. The minimum Gasteiger partial charge on any atom is -0.338 e. The summed E-state index contributed by atoms with van der Waals surface area (Å²) < 4.78 is 23.9. The van der Waals surface area contributed by atoms with Crippen molar-refractivity contribution in [2.75, 3.05) is 5.32 Å². The van der Waals surface area contributed by atoms with Crippen molar-refractivity contribution in [3.05, 3.63) is 30.6 Å². The molecule has 108 valence electrons. The van der Waals surface area contributed by atoms with E-state index in [1.165, 1.54) is 23.1 Å². The number of aryl methyl sites for hydroxylation is 1. The summed E-state index contributed by atoms with van der Waals surface area (Å²) in [7, 11) is -1.97. The zero-order valence-corrected chi connectivity index (χ0v) is 11.7. The van der Waals surface area contributed by atoms with Crippen LogP contribution in [0.2, 0.25) is 0 Å². The zero-order valence-electron chi connectivity index (χ0n) is 10.9. The van der Waals surface area contributed by atoms with Gasteiger partial charge in [-0.1, -0.05) is 5.21 Å². The summed E-state index contributed by atoms with van der Waals surface area (Å²) in [5.74, 6) is 0.483. The Hall–Kier alpha value is -2.59. The number of anilines is 2. The lowest BCUT2D eigenvalue weighted by atomic mass is 10.3. The van der Waals surface area contributed by atoms with Crippen molar-refractivity contribution in [2.45, 2.75) is 4.90 Å². The molecule has 3 rings (SSSR count). The Labute approximate surface area is 119 Å². The molecule has 0 amide bonds. The van der Waals surface area contributed by atoms with Crippen molar-refractivity contribution < 1.29 is 8.42 Å².